The van der Waals surface area contributed by atoms with Gasteiger partial charge in [-0.05, 0) is 12.1 Å². The first kappa shape index (κ1) is 9.26. The molecule has 0 radical (unpaired) electrons. The Labute approximate surface area is 85.3 Å². The molecule has 0 atom stereocenters. The van der Waals surface area contributed by atoms with E-state index < -0.39 is 0 Å². The number of rotatable bonds is 2. The maximum atomic E-state index is 11.6. The van der Waals surface area contributed by atoms with Crippen molar-refractivity contribution >= 4 is 5.91 Å². The molecule has 1 heterocycles. The van der Waals surface area contributed by atoms with Gasteiger partial charge in [0.2, 0.25) is 0 Å². The van der Waals surface area contributed by atoms with Gasteiger partial charge in [0.05, 0.1) is 0 Å². The van der Waals surface area contributed by atoms with Gasteiger partial charge in [-0.1, -0.05) is 18.2 Å². The SMILES string of the molecule is O=C(Nn1[nH]ccc1=O)c1ccccc1. The number of benzene rings is 1. The summed E-state index contributed by atoms with van der Waals surface area (Å²) in [5.41, 5.74) is 2.61. The van der Waals surface area contributed by atoms with Crippen LogP contribution in [0.25, 0.3) is 0 Å². The van der Waals surface area contributed by atoms with Gasteiger partial charge in [-0.25, -0.2) is 5.43 Å². The fraction of sp³-hybridized carbons (Fsp3) is 0. The molecule has 1 aromatic carbocycles. The van der Waals surface area contributed by atoms with Crippen LogP contribution in [0.2, 0.25) is 0 Å². The maximum absolute atomic E-state index is 11.6. The topological polar surface area (TPSA) is 66.9 Å². The highest BCUT2D eigenvalue weighted by Crippen LogP contribution is 1.97. The molecule has 0 unspecified atom stereocenters. The van der Waals surface area contributed by atoms with Crippen LogP contribution in [-0.2, 0) is 0 Å². The van der Waals surface area contributed by atoms with Crippen molar-refractivity contribution in [2.24, 2.45) is 0 Å². The number of aromatic amines is 1. The highest BCUT2D eigenvalue weighted by molar-refractivity contribution is 5.99. The van der Waals surface area contributed by atoms with Crippen molar-refractivity contribution < 1.29 is 4.79 Å². The molecule has 5 heteroatoms. The van der Waals surface area contributed by atoms with E-state index in [9.17, 15) is 9.59 Å². The van der Waals surface area contributed by atoms with Crippen LogP contribution in [0, 0.1) is 0 Å². The van der Waals surface area contributed by atoms with E-state index in [2.05, 4.69) is 10.5 Å². The second-order valence-corrected chi connectivity index (χ2v) is 2.94. The zero-order valence-electron chi connectivity index (χ0n) is 7.81. The molecule has 2 rings (SSSR count). The van der Waals surface area contributed by atoms with Gasteiger partial charge < -0.3 is 0 Å². The Kier molecular flexibility index (Phi) is 2.37. The third kappa shape index (κ3) is 1.96. The molecule has 0 saturated heterocycles. The number of aromatic nitrogens is 2. The first-order valence-corrected chi connectivity index (χ1v) is 4.40. The standard InChI is InChI=1S/C10H9N3O2/c14-9-6-7-11-13(9)12-10(15)8-4-2-1-3-5-8/h1-7,11H,(H,12,15). The quantitative estimate of drug-likeness (QED) is 0.748. The van der Waals surface area contributed by atoms with Crippen molar-refractivity contribution in [3.05, 3.63) is 58.5 Å². The van der Waals surface area contributed by atoms with Crippen LogP contribution >= 0.6 is 0 Å². The second kappa shape index (κ2) is 3.83. The molecule has 0 aliphatic rings. The summed E-state index contributed by atoms with van der Waals surface area (Å²) in [7, 11) is 0. The molecule has 15 heavy (non-hydrogen) atoms. The van der Waals surface area contributed by atoms with Crippen LogP contribution in [0.3, 0.4) is 0 Å². The molecular weight excluding hydrogens is 194 g/mol. The van der Waals surface area contributed by atoms with Gasteiger partial charge in [-0.15, -0.1) is 0 Å². The molecule has 0 spiro atoms. The van der Waals surface area contributed by atoms with Gasteiger partial charge in [0.25, 0.3) is 11.5 Å². The molecular formula is C10H9N3O2. The molecule has 5 nitrogen and oxygen atoms in total. The van der Waals surface area contributed by atoms with Crippen molar-refractivity contribution in [1.29, 1.82) is 0 Å². The minimum Gasteiger partial charge on any atom is -0.284 e. The third-order valence-electron chi connectivity index (χ3n) is 1.90. The van der Waals surface area contributed by atoms with Crippen molar-refractivity contribution in [2.45, 2.75) is 0 Å². The molecule has 76 valence electrons. The van der Waals surface area contributed by atoms with Crippen LogP contribution in [0.15, 0.2) is 47.4 Å². The molecule has 0 aliphatic carbocycles. The molecule has 1 aromatic heterocycles. The lowest BCUT2D eigenvalue weighted by Crippen LogP contribution is -2.31. The van der Waals surface area contributed by atoms with Gasteiger partial charge >= 0.3 is 0 Å². The number of carbonyl (C=O) groups is 1. The number of H-pyrrole nitrogens is 1. The predicted octanol–water partition coefficient (Wildman–Crippen LogP) is 0.560. The monoisotopic (exact) mass is 203 g/mol. The number of nitrogens with one attached hydrogen (secondary N) is 2. The minimum absolute atomic E-state index is 0.306. The first-order valence-electron chi connectivity index (χ1n) is 4.40. The van der Waals surface area contributed by atoms with Gasteiger partial charge in [0, 0.05) is 17.8 Å². The molecule has 0 aliphatic heterocycles. The van der Waals surface area contributed by atoms with E-state index in [-0.39, 0.29) is 11.5 Å². The number of hydrogen-bond acceptors (Lipinski definition) is 2. The summed E-state index contributed by atoms with van der Waals surface area (Å²) in [5, 5.41) is 2.58. The van der Waals surface area contributed by atoms with Crippen LogP contribution in [0.5, 0.6) is 0 Å². The average Bonchev–Trinajstić information content (AvgIpc) is 2.66. The molecule has 1 amide bonds. The summed E-state index contributed by atoms with van der Waals surface area (Å²) in [4.78, 5) is 23.7. The first-order chi connectivity index (χ1) is 7.27. The van der Waals surface area contributed by atoms with Crippen molar-refractivity contribution in [3.63, 3.8) is 0 Å². The summed E-state index contributed by atoms with van der Waals surface area (Å²) in [6.45, 7) is 0. The average molecular weight is 203 g/mol. The van der Waals surface area contributed by atoms with Gasteiger partial charge in [0.15, 0.2) is 0 Å². The third-order valence-corrected chi connectivity index (χ3v) is 1.90. The highest BCUT2D eigenvalue weighted by Gasteiger charge is 2.05. The Balaban J connectivity index is 2.18. The summed E-state index contributed by atoms with van der Waals surface area (Å²) in [5.74, 6) is -0.333. The lowest BCUT2D eigenvalue weighted by atomic mass is 10.2. The van der Waals surface area contributed by atoms with Gasteiger partial charge in [-0.3, -0.25) is 14.7 Å². The molecule has 0 bridgehead atoms. The number of carbonyl (C=O) groups excluding carboxylic acids is 1. The predicted molar refractivity (Wildman–Crippen MR) is 55.2 cm³/mol. The second-order valence-electron chi connectivity index (χ2n) is 2.94. The largest absolute Gasteiger partial charge is 0.285 e. The van der Waals surface area contributed by atoms with Crippen molar-refractivity contribution in [2.75, 3.05) is 5.43 Å². The van der Waals surface area contributed by atoms with E-state index in [1.807, 2.05) is 6.07 Å². The van der Waals surface area contributed by atoms with Crippen LogP contribution < -0.4 is 11.0 Å². The fourth-order valence-electron chi connectivity index (χ4n) is 1.16. The van der Waals surface area contributed by atoms with E-state index in [0.717, 1.165) is 4.79 Å². The van der Waals surface area contributed by atoms with Crippen LogP contribution in [0.1, 0.15) is 10.4 Å². The maximum Gasteiger partial charge on any atom is 0.285 e. The molecule has 2 N–H and O–H groups in total. The van der Waals surface area contributed by atoms with E-state index in [1.54, 1.807) is 24.3 Å². The zero-order valence-corrected chi connectivity index (χ0v) is 7.81. The Hall–Kier alpha value is -2.30. The van der Waals surface area contributed by atoms with E-state index >= 15 is 0 Å². The van der Waals surface area contributed by atoms with Crippen LogP contribution in [-0.4, -0.2) is 15.8 Å². The summed E-state index contributed by atoms with van der Waals surface area (Å²) >= 11 is 0. The zero-order chi connectivity index (χ0) is 10.7. The molecule has 0 fully saturated rings. The number of nitrogens with zero attached hydrogens (tertiary/aromatic N) is 1. The summed E-state index contributed by atoms with van der Waals surface area (Å²) in [6, 6.07) is 9.99. The molecule has 2 aromatic rings. The van der Waals surface area contributed by atoms with E-state index in [0.29, 0.717) is 5.56 Å². The van der Waals surface area contributed by atoms with E-state index in [4.69, 9.17) is 0 Å². The lowest BCUT2D eigenvalue weighted by Gasteiger charge is -2.03. The summed E-state index contributed by atoms with van der Waals surface area (Å²) in [6.07, 6.45) is 1.45. The fourth-order valence-corrected chi connectivity index (χ4v) is 1.16. The molecule has 0 saturated carbocycles. The van der Waals surface area contributed by atoms with Crippen molar-refractivity contribution in [1.82, 2.24) is 9.89 Å². The highest BCUT2D eigenvalue weighted by atomic mass is 16.2. The Morgan fingerprint density at radius 1 is 1.20 bits per heavy atom. The Morgan fingerprint density at radius 3 is 2.53 bits per heavy atom. The number of amides is 1. The normalized spacial score (nSPS) is 9.87. The van der Waals surface area contributed by atoms with Gasteiger partial charge in [-0.2, -0.15) is 4.79 Å². The minimum atomic E-state index is -0.333. The van der Waals surface area contributed by atoms with Crippen molar-refractivity contribution in [3.8, 4) is 0 Å². The summed E-state index contributed by atoms with van der Waals surface area (Å²) < 4.78 is 0. The Bertz CT molecular complexity index is 513. The van der Waals surface area contributed by atoms with Gasteiger partial charge in [0.1, 0.15) is 0 Å². The number of hydrogen-bond donors (Lipinski definition) is 2. The smallest absolute Gasteiger partial charge is 0.284 e. The Morgan fingerprint density at radius 2 is 1.93 bits per heavy atom. The van der Waals surface area contributed by atoms with Crippen LogP contribution in [0.4, 0.5) is 0 Å². The van der Waals surface area contributed by atoms with E-state index in [1.165, 1.54) is 12.3 Å². The lowest BCUT2D eigenvalue weighted by molar-refractivity contribution is 0.100.